The number of nitrogens with one attached hydrogen (secondary N) is 1. The van der Waals surface area contributed by atoms with E-state index in [1.54, 1.807) is 11.4 Å². The van der Waals surface area contributed by atoms with Crippen molar-refractivity contribution in [2.45, 2.75) is 39.0 Å². The predicted molar refractivity (Wildman–Crippen MR) is 79.3 cm³/mol. The van der Waals surface area contributed by atoms with E-state index in [2.05, 4.69) is 12.2 Å². The van der Waals surface area contributed by atoms with Crippen LogP contribution in [-0.2, 0) is 10.2 Å². The highest BCUT2D eigenvalue weighted by Gasteiger charge is 2.28. The first-order valence-electron chi connectivity index (χ1n) is 7.38. The lowest BCUT2D eigenvalue weighted by atomic mass is 9.98. The van der Waals surface area contributed by atoms with E-state index < -0.39 is 10.2 Å². The Hall–Kier alpha value is -0.170. The van der Waals surface area contributed by atoms with Gasteiger partial charge in [0, 0.05) is 26.7 Å². The molecule has 1 aliphatic rings. The maximum Gasteiger partial charge on any atom is 0.281 e. The summed E-state index contributed by atoms with van der Waals surface area (Å²) in [7, 11) is 0.312. The number of nitrogens with zero attached hydrogens (tertiary/aromatic N) is 2. The molecule has 114 valence electrons. The highest BCUT2D eigenvalue weighted by molar-refractivity contribution is 7.86. The van der Waals surface area contributed by atoms with Crippen LogP contribution >= 0.6 is 0 Å². The van der Waals surface area contributed by atoms with Gasteiger partial charge in [0.05, 0.1) is 0 Å². The van der Waals surface area contributed by atoms with Crippen LogP contribution in [0.1, 0.15) is 39.0 Å². The molecule has 0 bridgehead atoms. The van der Waals surface area contributed by atoms with Gasteiger partial charge in [-0.25, -0.2) is 0 Å². The Morgan fingerprint density at radius 1 is 1.32 bits per heavy atom. The third kappa shape index (κ3) is 5.02. The van der Waals surface area contributed by atoms with Crippen LogP contribution in [0.2, 0.25) is 0 Å². The van der Waals surface area contributed by atoms with Gasteiger partial charge in [-0.3, -0.25) is 0 Å². The molecule has 19 heavy (non-hydrogen) atoms. The number of rotatable bonds is 7. The van der Waals surface area contributed by atoms with Crippen LogP contribution in [0.25, 0.3) is 0 Å². The monoisotopic (exact) mass is 291 g/mol. The molecule has 6 heteroatoms. The van der Waals surface area contributed by atoms with Crippen molar-refractivity contribution in [1.29, 1.82) is 0 Å². The minimum absolute atomic E-state index is 0.580. The molecule has 1 saturated heterocycles. The van der Waals surface area contributed by atoms with Gasteiger partial charge in [0.25, 0.3) is 10.2 Å². The largest absolute Gasteiger partial charge is 0.320 e. The van der Waals surface area contributed by atoms with Crippen LogP contribution in [0.5, 0.6) is 0 Å². The average Bonchev–Trinajstić information content (AvgIpc) is 2.64. The van der Waals surface area contributed by atoms with E-state index in [1.807, 2.05) is 7.05 Å². The van der Waals surface area contributed by atoms with Gasteiger partial charge in [0.15, 0.2) is 0 Å². The molecule has 1 rings (SSSR count). The van der Waals surface area contributed by atoms with Gasteiger partial charge in [-0.05, 0) is 45.2 Å². The summed E-state index contributed by atoms with van der Waals surface area (Å²) in [4.78, 5) is 0. The molecule has 1 N–H and O–H groups in total. The molecule has 0 aromatic rings. The summed E-state index contributed by atoms with van der Waals surface area (Å²) >= 11 is 0. The van der Waals surface area contributed by atoms with Crippen LogP contribution in [-0.4, -0.2) is 57.3 Å². The summed E-state index contributed by atoms with van der Waals surface area (Å²) in [5.41, 5.74) is 0. The molecular weight excluding hydrogens is 262 g/mol. The second kappa shape index (κ2) is 8.19. The number of hydrogen-bond donors (Lipinski definition) is 1. The maximum atomic E-state index is 12.5. The molecular formula is C13H29N3O2S. The third-order valence-corrected chi connectivity index (χ3v) is 5.99. The Labute approximate surface area is 118 Å². The first-order valence-corrected chi connectivity index (χ1v) is 8.78. The molecule has 0 spiro atoms. The van der Waals surface area contributed by atoms with Crippen LogP contribution in [0.15, 0.2) is 0 Å². The molecule has 1 fully saturated rings. The predicted octanol–water partition coefficient (Wildman–Crippen LogP) is 1.28. The summed E-state index contributed by atoms with van der Waals surface area (Å²) < 4.78 is 28.1. The summed E-state index contributed by atoms with van der Waals surface area (Å²) in [5.74, 6) is 0.690. The van der Waals surface area contributed by atoms with Crippen molar-refractivity contribution in [3.63, 3.8) is 0 Å². The van der Waals surface area contributed by atoms with Crippen molar-refractivity contribution in [3.8, 4) is 0 Å². The molecule has 0 amide bonds. The van der Waals surface area contributed by atoms with Crippen molar-refractivity contribution in [3.05, 3.63) is 0 Å². The molecule has 0 aliphatic carbocycles. The lowest BCUT2D eigenvalue weighted by Crippen LogP contribution is -2.43. The van der Waals surface area contributed by atoms with Gasteiger partial charge in [0.1, 0.15) is 0 Å². The van der Waals surface area contributed by atoms with Gasteiger partial charge in [0.2, 0.25) is 0 Å². The quantitative estimate of drug-likeness (QED) is 0.719. The first-order chi connectivity index (χ1) is 9.02. The van der Waals surface area contributed by atoms with E-state index in [-0.39, 0.29) is 0 Å². The fourth-order valence-electron chi connectivity index (χ4n) is 2.57. The van der Waals surface area contributed by atoms with Crippen LogP contribution < -0.4 is 5.32 Å². The van der Waals surface area contributed by atoms with E-state index in [4.69, 9.17) is 0 Å². The zero-order chi connectivity index (χ0) is 14.3. The normalized spacial score (nSPS) is 22.6. The van der Waals surface area contributed by atoms with Gasteiger partial charge in [-0.1, -0.05) is 13.3 Å². The van der Waals surface area contributed by atoms with E-state index in [9.17, 15) is 8.42 Å². The average molecular weight is 291 g/mol. The molecule has 0 aromatic carbocycles. The van der Waals surface area contributed by atoms with Gasteiger partial charge < -0.3 is 5.32 Å². The maximum absolute atomic E-state index is 12.5. The Balaban J connectivity index is 2.55. The zero-order valence-electron chi connectivity index (χ0n) is 12.6. The summed E-state index contributed by atoms with van der Waals surface area (Å²) in [6, 6.07) is 0. The second-order valence-corrected chi connectivity index (χ2v) is 7.43. The fourth-order valence-corrected chi connectivity index (χ4v) is 4.02. The molecule has 0 aromatic heterocycles. The van der Waals surface area contributed by atoms with Crippen LogP contribution in [0.4, 0.5) is 0 Å². The van der Waals surface area contributed by atoms with Gasteiger partial charge >= 0.3 is 0 Å². The number of hydrogen-bond acceptors (Lipinski definition) is 3. The Bertz CT molecular complexity index is 346. The van der Waals surface area contributed by atoms with Crippen molar-refractivity contribution in [2.24, 2.45) is 5.92 Å². The first kappa shape index (κ1) is 16.9. The van der Waals surface area contributed by atoms with E-state index in [0.29, 0.717) is 25.6 Å². The fraction of sp³-hybridized carbons (Fsp3) is 1.00. The van der Waals surface area contributed by atoms with Crippen molar-refractivity contribution < 1.29 is 8.42 Å². The van der Waals surface area contributed by atoms with Gasteiger partial charge in [-0.2, -0.15) is 17.0 Å². The lowest BCUT2D eigenvalue weighted by Gasteiger charge is -2.26. The van der Waals surface area contributed by atoms with Gasteiger partial charge in [-0.15, -0.1) is 0 Å². The molecule has 0 radical (unpaired) electrons. The Morgan fingerprint density at radius 3 is 2.68 bits per heavy atom. The molecule has 0 saturated carbocycles. The molecule has 1 unspecified atom stereocenters. The van der Waals surface area contributed by atoms with Crippen molar-refractivity contribution in [2.75, 3.05) is 40.3 Å². The highest BCUT2D eigenvalue weighted by Crippen LogP contribution is 2.22. The third-order valence-electron chi connectivity index (χ3n) is 4.00. The van der Waals surface area contributed by atoms with Crippen molar-refractivity contribution in [1.82, 2.24) is 13.9 Å². The standard InChI is InChI=1S/C13H29N3O2S/c1-4-13-7-5-11-16(12-8-13)19(17,18)15(3)10-6-9-14-2/h13-14H,4-12H2,1-3H3. The Kier molecular flexibility index (Phi) is 7.28. The molecule has 5 nitrogen and oxygen atoms in total. The SMILES string of the molecule is CCC1CCCN(S(=O)(=O)N(C)CCCNC)CC1. The van der Waals surface area contributed by atoms with Crippen LogP contribution in [0, 0.1) is 5.92 Å². The summed E-state index contributed by atoms with van der Waals surface area (Å²) in [5, 5.41) is 3.04. The van der Waals surface area contributed by atoms with E-state index in [1.165, 1.54) is 4.31 Å². The lowest BCUT2D eigenvalue weighted by molar-refractivity contribution is 0.357. The Morgan fingerprint density at radius 2 is 2.05 bits per heavy atom. The minimum atomic E-state index is -3.26. The van der Waals surface area contributed by atoms with E-state index in [0.717, 1.165) is 38.6 Å². The zero-order valence-corrected chi connectivity index (χ0v) is 13.4. The molecule has 1 heterocycles. The summed E-state index contributed by atoms with van der Waals surface area (Å²) in [6.07, 6.45) is 5.15. The topological polar surface area (TPSA) is 52.7 Å². The smallest absolute Gasteiger partial charge is 0.281 e. The second-order valence-electron chi connectivity index (χ2n) is 5.39. The minimum Gasteiger partial charge on any atom is -0.320 e. The molecule has 1 aliphatic heterocycles. The van der Waals surface area contributed by atoms with Crippen LogP contribution in [0.3, 0.4) is 0 Å². The molecule has 1 atom stereocenters. The summed E-state index contributed by atoms with van der Waals surface area (Å²) in [6.45, 7) is 4.97. The highest BCUT2D eigenvalue weighted by atomic mass is 32.2. The van der Waals surface area contributed by atoms with E-state index >= 15 is 0 Å². The van der Waals surface area contributed by atoms with Crippen molar-refractivity contribution >= 4 is 10.2 Å².